The fraction of sp³-hybridized carbons (Fsp3) is 0.409. The lowest BCUT2D eigenvalue weighted by molar-refractivity contribution is 0.376. The Morgan fingerprint density at radius 1 is 1.31 bits per heavy atom. The molecule has 0 aromatic heterocycles. The minimum absolute atomic E-state index is 0.155. The van der Waals surface area contributed by atoms with E-state index in [1.807, 2.05) is 18.3 Å². The average Bonchev–Trinajstić information content (AvgIpc) is 2.57. The molecule has 2 aromatic carbocycles. The molecule has 0 aliphatic carbocycles. The smallest absolute Gasteiger partial charge is 0.0640 e. The Morgan fingerprint density at radius 2 is 2.08 bits per heavy atom. The Morgan fingerprint density at radius 3 is 2.77 bits per heavy atom. The summed E-state index contributed by atoms with van der Waals surface area (Å²) in [4.78, 5) is 7.15. The van der Waals surface area contributed by atoms with Gasteiger partial charge in [0, 0.05) is 33.1 Å². The molecule has 0 saturated heterocycles. The Hall–Kier alpha value is -1.07. The van der Waals surface area contributed by atoms with Gasteiger partial charge in [0.25, 0.3) is 0 Å². The molecule has 3 rings (SSSR count). The van der Waals surface area contributed by atoms with E-state index in [2.05, 4.69) is 84.4 Å². The van der Waals surface area contributed by atoms with Gasteiger partial charge in [-0.05, 0) is 91.1 Å². The second-order valence-corrected chi connectivity index (χ2v) is 9.39. The number of hydrogen-bond donors (Lipinski definition) is 0. The number of hydrogen-bond acceptors (Lipinski definition) is 2. The van der Waals surface area contributed by atoms with Gasteiger partial charge < -0.3 is 4.90 Å². The van der Waals surface area contributed by atoms with Gasteiger partial charge in [-0.25, -0.2) is 0 Å². The van der Waals surface area contributed by atoms with Crippen molar-refractivity contribution in [1.29, 1.82) is 0 Å². The molecule has 1 aliphatic heterocycles. The highest BCUT2D eigenvalue weighted by atomic mass is 127. The van der Waals surface area contributed by atoms with Crippen molar-refractivity contribution in [2.75, 3.05) is 11.4 Å². The predicted molar refractivity (Wildman–Crippen MR) is 123 cm³/mol. The molecule has 0 saturated carbocycles. The molecule has 1 heterocycles. The SMILES string of the molecule is CCCN1c2cc(Cl)c(C=Nc3cccc(I)c3)cc2C(C)CC1(C)C. The molecule has 4 heteroatoms. The van der Waals surface area contributed by atoms with Crippen molar-refractivity contribution in [3.8, 4) is 0 Å². The van der Waals surface area contributed by atoms with Crippen molar-refractivity contribution in [1.82, 2.24) is 0 Å². The predicted octanol–water partition coefficient (Wildman–Crippen LogP) is 7.20. The average molecular weight is 481 g/mol. The fourth-order valence-electron chi connectivity index (χ4n) is 3.97. The van der Waals surface area contributed by atoms with E-state index in [0.29, 0.717) is 5.92 Å². The van der Waals surface area contributed by atoms with Crippen molar-refractivity contribution >= 4 is 51.8 Å². The largest absolute Gasteiger partial charge is 0.366 e. The first-order chi connectivity index (χ1) is 12.3. The quantitative estimate of drug-likeness (QED) is 0.334. The van der Waals surface area contributed by atoms with Crippen molar-refractivity contribution in [3.63, 3.8) is 0 Å². The molecule has 1 aliphatic rings. The summed E-state index contributed by atoms with van der Waals surface area (Å²) in [6, 6.07) is 12.5. The van der Waals surface area contributed by atoms with Gasteiger partial charge in [0.1, 0.15) is 0 Å². The first-order valence-corrected chi connectivity index (χ1v) is 10.7. The minimum atomic E-state index is 0.155. The summed E-state index contributed by atoms with van der Waals surface area (Å²) < 4.78 is 1.18. The normalized spacial score (nSPS) is 19.0. The number of rotatable bonds is 4. The van der Waals surface area contributed by atoms with Gasteiger partial charge in [-0.15, -0.1) is 0 Å². The van der Waals surface area contributed by atoms with Gasteiger partial charge in [-0.2, -0.15) is 0 Å². The zero-order valence-corrected chi connectivity index (χ0v) is 18.8. The van der Waals surface area contributed by atoms with E-state index in [9.17, 15) is 0 Å². The first kappa shape index (κ1) is 19.7. The maximum absolute atomic E-state index is 6.65. The van der Waals surface area contributed by atoms with Crippen LogP contribution in [0.25, 0.3) is 0 Å². The number of nitrogens with zero attached hydrogens (tertiary/aromatic N) is 2. The molecule has 1 atom stereocenters. The van der Waals surface area contributed by atoms with Gasteiger partial charge in [0.15, 0.2) is 0 Å². The zero-order chi connectivity index (χ0) is 18.9. The zero-order valence-electron chi connectivity index (χ0n) is 15.9. The summed E-state index contributed by atoms with van der Waals surface area (Å²) in [6.45, 7) is 10.3. The van der Waals surface area contributed by atoms with Crippen LogP contribution in [-0.4, -0.2) is 18.3 Å². The minimum Gasteiger partial charge on any atom is -0.366 e. The molecule has 0 spiro atoms. The molecular formula is C22H26ClIN2. The van der Waals surface area contributed by atoms with Gasteiger partial charge in [-0.3, -0.25) is 4.99 Å². The van der Waals surface area contributed by atoms with E-state index in [1.54, 1.807) is 0 Å². The third-order valence-electron chi connectivity index (χ3n) is 5.11. The molecule has 0 bridgehead atoms. The maximum atomic E-state index is 6.65. The van der Waals surface area contributed by atoms with E-state index >= 15 is 0 Å². The van der Waals surface area contributed by atoms with E-state index in [1.165, 1.54) is 14.8 Å². The fourth-order valence-corrected chi connectivity index (χ4v) is 4.70. The molecule has 0 N–H and O–H groups in total. The molecule has 26 heavy (non-hydrogen) atoms. The van der Waals surface area contributed by atoms with Crippen LogP contribution in [-0.2, 0) is 0 Å². The Labute approximate surface area is 175 Å². The third-order valence-corrected chi connectivity index (χ3v) is 6.11. The summed E-state index contributed by atoms with van der Waals surface area (Å²) in [5.74, 6) is 0.509. The number of benzene rings is 2. The lowest BCUT2D eigenvalue weighted by Gasteiger charge is -2.47. The molecule has 0 fully saturated rings. The molecule has 1 unspecified atom stereocenters. The van der Waals surface area contributed by atoms with Crippen LogP contribution in [0.2, 0.25) is 5.02 Å². The Balaban J connectivity index is 2.00. The number of anilines is 1. The van der Waals surface area contributed by atoms with E-state index < -0.39 is 0 Å². The van der Waals surface area contributed by atoms with Crippen molar-refractivity contribution in [2.24, 2.45) is 4.99 Å². The molecule has 0 amide bonds. The highest BCUT2D eigenvalue weighted by Gasteiger charge is 2.36. The Bertz CT molecular complexity index is 829. The van der Waals surface area contributed by atoms with Crippen molar-refractivity contribution in [3.05, 3.63) is 56.1 Å². The van der Waals surface area contributed by atoms with Crippen molar-refractivity contribution in [2.45, 2.75) is 52.0 Å². The summed E-state index contributed by atoms with van der Waals surface area (Å²) in [5.41, 5.74) is 4.76. The van der Waals surface area contributed by atoms with Crippen LogP contribution in [0.3, 0.4) is 0 Å². The van der Waals surface area contributed by atoms with Crippen molar-refractivity contribution < 1.29 is 0 Å². The van der Waals surface area contributed by atoms with Gasteiger partial charge in [-0.1, -0.05) is 31.5 Å². The van der Waals surface area contributed by atoms with E-state index in [0.717, 1.165) is 35.7 Å². The van der Waals surface area contributed by atoms with E-state index in [-0.39, 0.29) is 5.54 Å². The molecule has 138 valence electrons. The van der Waals surface area contributed by atoms with Crippen LogP contribution in [0, 0.1) is 3.57 Å². The maximum Gasteiger partial charge on any atom is 0.0640 e. The van der Waals surface area contributed by atoms with Gasteiger partial charge in [0.05, 0.1) is 10.7 Å². The summed E-state index contributed by atoms with van der Waals surface area (Å²) in [6.07, 6.45) is 4.17. The second-order valence-electron chi connectivity index (χ2n) is 7.74. The Kier molecular flexibility index (Phi) is 5.97. The summed E-state index contributed by atoms with van der Waals surface area (Å²) >= 11 is 8.95. The second kappa shape index (κ2) is 7.89. The van der Waals surface area contributed by atoms with Gasteiger partial charge in [0.2, 0.25) is 0 Å². The van der Waals surface area contributed by atoms with Crippen LogP contribution in [0.4, 0.5) is 11.4 Å². The number of halogens is 2. The lowest BCUT2D eigenvalue weighted by Crippen LogP contribution is -2.48. The van der Waals surface area contributed by atoms with Crippen LogP contribution >= 0.6 is 34.2 Å². The molecular weight excluding hydrogens is 455 g/mol. The standard InChI is InChI=1S/C22H26ClIN2/c1-5-9-26-21-12-20(23)16(10-19(21)15(2)13-22(26,3)4)14-25-18-8-6-7-17(24)11-18/h6-8,10-12,14-15H,5,9,13H2,1-4H3. The summed E-state index contributed by atoms with van der Waals surface area (Å²) in [5, 5.41) is 0.768. The van der Waals surface area contributed by atoms with Crippen LogP contribution < -0.4 is 4.90 Å². The van der Waals surface area contributed by atoms with Crippen LogP contribution in [0.1, 0.15) is 57.6 Å². The number of fused-ring (bicyclic) bond motifs is 1. The molecule has 2 nitrogen and oxygen atoms in total. The molecule has 0 radical (unpaired) electrons. The van der Waals surface area contributed by atoms with Crippen LogP contribution in [0.5, 0.6) is 0 Å². The highest BCUT2D eigenvalue weighted by molar-refractivity contribution is 14.1. The third kappa shape index (κ3) is 4.09. The van der Waals surface area contributed by atoms with E-state index in [4.69, 9.17) is 11.6 Å². The highest BCUT2D eigenvalue weighted by Crippen LogP contribution is 2.45. The first-order valence-electron chi connectivity index (χ1n) is 9.22. The lowest BCUT2D eigenvalue weighted by atomic mass is 9.79. The number of aliphatic imine (C=N–C) groups is 1. The molecule has 2 aromatic rings. The van der Waals surface area contributed by atoms with Gasteiger partial charge >= 0.3 is 0 Å². The van der Waals surface area contributed by atoms with Crippen LogP contribution in [0.15, 0.2) is 41.4 Å². The monoisotopic (exact) mass is 480 g/mol. The summed E-state index contributed by atoms with van der Waals surface area (Å²) in [7, 11) is 0. The topological polar surface area (TPSA) is 15.6 Å².